The maximum absolute atomic E-state index is 11.1. The largest absolute Gasteiger partial charge is 0.469 e. The molecule has 0 N–H and O–H groups in total. The number of esters is 1. The third-order valence-corrected chi connectivity index (χ3v) is 3.16. The Morgan fingerprint density at radius 2 is 2.27 bits per heavy atom. The second kappa shape index (κ2) is 5.21. The van der Waals surface area contributed by atoms with Crippen LogP contribution in [0.15, 0.2) is 9.64 Å². The SMILES string of the molecule is COC(=O)C(C)CSc1nc(C)c(C)o1. The van der Waals surface area contributed by atoms with Crippen LogP contribution in [0.4, 0.5) is 0 Å². The predicted octanol–water partition coefficient (Wildman–Crippen LogP) is 2.19. The number of methoxy groups -OCH3 is 1. The monoisotopic (exact) mass is 229 g/mol. The molecule has 0 saturated heterocycles. The lowest BCUT2D eigenvalue weighted by Crippen LogP contribution is -2.14. The van der Waals surface area contributed by atoms with E-state index in [1.54, 1.807) is 0 Å². The number of carbonyl (C=O) groups excluding carboxylic acids is 1. The first kappa shape index (κ1) is 12.1. The summed E-state index contributed by atoms with van der Waals surface area (Å²) < 4.78 is 10.0. The zero-order chi connectivity index (χ0) is 11.4. The van der Waals surface area contributed by atoms with Gasteiger partial charge in [-0.3, -0.25) is 4.79 Å². The maximum atomic E-state index is 11.1. The Morgan fingerprint density at radius 1 is 1.60 bits per heavy atom. The van der Waals surface area contributed by atoms with E-state index < -0.39 is 0 Å². The molecule has 0 saturated carbocycles. The number of hydrogen-bond acceptors (Lipinski definition) is 5. The molecular formula is C10H15NO3S. The minimum atomic E-state index is -0.206. The van der Waals surface area contributed by atoms with Crippen LogP contribution in [-0.2, 0) is 9.53 Å². The standard InChI is InChI=1S/C10H15NO3S/c1-6(9(12)13-4)5-15-10-11-7(2)8(3)14-10/h6H,5H2,1-4H3. The highest BCUT2D eigenvalue weighted by molar-refractivity contribution is 7.99. The molecule has 0 spiro atoms. The molecule has 0 radical (unpaired) electrons. The van der Waals surface area contributed by atoms with E-state index in [1.807, 2.05) is 20.8 Å². The van der Waals surface area contributed by atoms with E-state index in [0.717, 1.165) is 11.5 Å². The first-order chi connectivity index (χ1) is 7.04. The van der Waals surface area contributed by atoms with Crippen LogP contribution in [0.25, 0.3) is 0 Å². The minimum absolute atomic E-state index is 0.146. The molecule has 5 heteroatoms. The van der Waals surface area contributed by atoms with E-state index >= 15 is 0 Å². The molecule has 84 valence electrons. The average Bonchev–Trinajstić information content (AvgIpc) is 2.54. The Morgan fingerprint density at radius 3 is 2.73 bits per heavy atom. The van der Waals surface area contributed by atoms with E-state index in [-0.39, 0.29) is 11.9 Å². The highest BCUT2D eigenvalue weighted by Crippen LogP contribution is 2.22. The number of nitrogens with zero attached hydrogens (tertiary/aromatic N) is 1. The molecule has 1 heterocycles. The molecule has 0 aliphatic rings. The zero-order valence-electron chi connectivity index (χ0n) is 9.36. The number of hydrogen-bond donors (Lipinski definition) is 0. The molecule has 1 rings (SSSR count). The summed E-state index contributed by atoms with van der Waals surface area (Å²) in [6.07, 6.45) is 0. The molecule has 1 aromatic rings. The summed E-state index contributed by atoms with van der Waals surface area (Å²) in [6.45, 7) is 5.59. The van der Waals surface area contributed by atoms with Crippen LogP contribution in [0.5, 0.6) is 0 Å². The van der Waals surface area contributed by atoms with Gasteiger partial charge in [-0.05, 0) is 13.8 Å². The van der Waals surface area contributed by atoms with Crippen LogP contribution in [0, 0.1) is 19.8 Å². The Kier molecular flexibility index (Phi) is 4.20. The molecule has 0 aliphatic carbocycles. The summed E-state index contributed by atoms with van der Waals surface area (Å²) in [4.78, 5) is 15.3. The smallest absolute Gasteiger partial charge is 0.309 e. The average molecular weight is 229 g/mol. The number of oxazole rings is 1. The van der Waals surface area contributed by atoms with Crippen molar-refractivity contribution in [2.24, 2.45) is 5.92 Å². The highest BCUT2D eigenvalue weighted by Gasteiger charge is 2.15. The van der Waals surface area contributed by atoms with Gasteiger partial charge in [0.25, 0.3) is 5.22 Å². The van der Waals surface area contributed by atoms with Gasteiger partial charge >= 0.3 is 5.97 Å². The van der Waals surface area contributed by atoms with Crippen molar-refractivity contribution < 1.29 is 13.9 Å². The Bertz CT molecular complexity index is 329. The van der Waals surface area contributed by atoms with E-state index in [2.05, 4.69) is 9.72 Å². The number of aromatic nitrogens is 1. The van der Waals surface area contributed by atoms with Crippen LogP contribution in [-0.4, -0.2) is 23.8 Å². The summed E-state index contributed by atoms with van der Waals surface area (Å²) in [6, 6.07) is 0. The fraction of sp³-hybridized carbons (Fsp3) is 0.600. The van der Waals surface area contributed by atoms with E-state index in [9.17, 15) is 4.79 Å². The number of aryl methyl sites for hydroxylation is 2. The molecule has 1 aromatic heterocycles. The molecule has 0 amide bonds. The maximum Gasteiger partial charge on any atom is 0.309 e. The Hall–Kier alpha value is -0.970. The first-order valence-corrected chi connectivity index (χ1v) is 5.67. The Labute approximate surface area is 93.4 Å². The molecule has 0 aromatic carbocycles. The lowest BCUT2D eigenvalue weighted by molar-refractivity contribution is -0.143. The number of rotatable bonds is 4. The van der Waals surface area contributed by atoms with E-state index in [0.29, 0.717) is 11.0 Å². The fourth-order valence-corrected chi connectivity index (χ4v) is 1.88. The normalized spacial score (nSPS) is 12.5. The van der Waals surface area contributed by atoms with E-state index in [4.69, 9.17) is 4.42 Å². The summed E-state index contributed by atoms with van der Waals surface area (Å²) in [5, 5.41) is 0.612. The molecule has 0 aliphatic heterocycles. The van der Waals surface area contributed by atoms with Crippen molar-refractivity contribution in [2.45, 2.75) is 26.0 Å². The van der Waals surface area contributed by atoms with Gasteiger partial charge in [-0.15, -0.1) is 0 Å². The number of thioether (sulfide) groups is 1. The van der Waals surface area contributed by atoms with Crippen molar-refractivity contribution in [3.05, 3.63) is 11.5 Å². The van der Waals surface area contributed by atoms with Crippen LogP contribution in [0.1, 0.15) is 18.4 Å². The van der Waals surface area contributed by atoms with Crippen molar-refractivity contribution in [3.63, 3.8) is 0 Å². The van der Waals surface area contributed by atoms with Crippen molar-refractivity contribution in [1.82, 2.24) is 4.98 Å². The molecule has 4 nitrogen and oxygen atoms in total. The second-order valence-electron chi connectivity index (χ2n) is 3.36. The minimum Gasteiger partial charge on any atom is -0.469 e. The third kappa shape index (κ3) is 3.27. The van der Waals surface area contributed by atoms with Crippen molar-refractivity contribution in [1.29, 1.82) is 0 Å². The van der Waals surface area contributed by atoms with Crippen LogP contribution in [0.2, 0.25) is 0 Å². The second-order valence-corrected chi connectivity index (χ2v) is 4.33. The van der Waals surface area contributed by atoms with E-state index in [1.165, 1.54) is 18.9 Å². The van der Waals surface area contributed by atoms with Crippen molar-refractivity contribution in [2.75, 3.05) is 12.9 Å². The van der Waals surface area contributed by atoms with Gasteiger partial charge in [0.1, 0.15) is 5.76 Å². The van der Waals surface area contributed by atoms with Crippen molar-refractivity contribution in [3.8, 4) is 0 Å². The van der Waals surface area contributed by atoms with Crippen molar-refractivity contribution >= 4 is 17.7 Å². The quantitative estimate of drug-likeness (QED) is 0.585. The Balaban J connectivity index is 2.47. The molecule has 0 fully saturated rings. The lowest BCUT2D eigenvalue weighted by atomic mass is 10.2. The fourth-order valence-electron chi connectivity index (χ4n) is 0.971. The third-order valence-electron chi connectivity index (χ3n) is 2.07. The van der Waals surface area contributed by atoms with Crippen LogP contribution < -0.4 is 0 Å². The lowest BCUT2D eigenvalue weighted by Gasteiger charge is -2.05. The highest BCUT2D eigenvalue weighted by atomic mass is 32.2. The van der Waals surface area contributed by atoms with Gasteiger partial charge in [0.2, 0.25) is 0 Å². The van der Waals surface area contributed by atoms with Gasteiger partial charge in [-0.25, -0.2) is 4.98 Å². The topological polar surface area (TPSA) is 52.3 Å². The molecule has 0 bridgehead atoms. The van der Waals surface area contributed by atoms with Crippen LogP contribution in [0.3, 0.4) is 0 Å². The summed E-state index contributed by atoms with van der Waals surface area (Å²) >= 11 is 1.43. The number of ether oxygens (including phenoxy) is 1. The number of carbonyl (C=O) groups is 1. The molecule has 15 heavy (non-hydrogen) atoms. The van der Waals surface area contributed by atoms with Gasteiger partial charge in [-0.2, -0.15) is 0 Å². The zero-order valence-corrected chi connectivity index (χ0v) is 10.2. The summed E-state index contributed by atoms with van der Waals surface area (Å²) in [5.74, 6) is 1.09. The molecular weight excluding hydrogens is 214 g/mol. The molecule has 1 unspecified atom stereocenters. The van der Waals surface area contributed by atoms with Gasteiger partial charge in [0, 0.05) is 5.75 Å². The first-order valence-electron chi connectivity index (χ1n) is 4.69. The predicted molar refractivity (Wildman–Crippen MR) is 57.9 cm³/mol. The van der Waals surface area contributed by atoms with Crippen LogP contribution >= 0.6 is 11.8 Å². The van der Waals surface area contributed by atoms with Gasteiger partial charge in [0.05, 0.1) is 18.7 Å². The summed E-state index contributed by atoms with van der Waals surface area (Å²) in [5.41, 5.74) is 0.892. The van der Waals surface area contributed by atoms with Gasteiger partial charge in [0.15, 0.2) is 0 Å². The summed E-state index contributed by atoms with van der Waals surface area (Å²) in [7, 11) is 1.39. The molecule has 1 atom stereocenters. The van der Waals surface area contributed by atoms with Gasteiger partial charge in [-0.1, -0.05) is 18.7 Å². The van der Waals surface area contributed by atoms with Gasteiger partial charge < -0.3 is 9.15 Å².